The minimum atomic E-state index is -0.0717. The molecule has 1 aliphatic rings. The molecule has 20 heavy (non-hydrogen) atoms. The maximum atomic E-state index is 5.94. The van der Waals surface area contributed by atoms with Gasteiger partial charge in [-0.3, -0.25) is 0 Å². The molecule has 0 saturated carbocycles. The lowest BCUT2D eigenvalue weighted by atomic mass is 10.0. The SMILES string of the molecule is CC1(Cn2c(CCCl)nc3cc(I)ccc32)CCCO1. The van der Waals surface area contributed by atoms with Crippen LogP contribution in [0.1, 0.15) is 25.6 Å². The van der Waals surface area contributed by atoms with Crippen molar-refractivity contribution in [3.05, 3.63) is 27.6 Å². The predicted molar refractivity (Wildman–Crippen MR) is 90.5 cm³/mol. The van der Waals surface area contributed by atoms with Crippen molar-refractivity contribution < 1.29 is 4.74 Å². The van der Waals surface area contributed by atoms with Crippen LogP contribution in [0, 0.1) is 3.57 Å². The summed E-state index contributed by atoms with van der Waals surface area (Å²) in [6.45, 7) is 3.92. The number of ether oxygens (including phenoxy) is 1. The molecule has 3 nitrogen and oxygen atoms in total. The van der Waals surface area contributed by atoms with Crippen LogP contribution in [0.2, 0.25) is 0 Å². The summed E-state index contributed by atoms with van der Waals surface area (Å²) < 4.78 is 9.44. The van der Waals surface area contributed by atoms with Gasteiger partial charge in [0, 0.05) is 22.5 Å². The lowest BCUT2D eigenvalue weighted by Crippen LogP contribution is -2.30. The Morgan fingerprint density at radius 1 is 1.50 bits per heavy atom. The highest BCUT2D eigenvalue weighted by atomic mass is 127. The van der Waals surface area contributed by atoms with Crippen LogP contribution < -0.4 is 0 Å². The summed E-state index contributed by atoms with van der Waals surface area (Å²) in [6.07, 6.45) is 3.05. The van der Waals surface area contributed by atoms with Gasteiger partial charge in [-0.1, -0.05) is 0 Å². The number of hydrogen-bond acceptors (Lipinski definition) is 2. The van der Waals surface area contributed by atoms with Crippen LogP contribution >= 0.6 is 34.2 Å². The van der Waals surface area contributed by atoms with E-state index in [9.17, 15) is 0 Å². The lowest BCUT2D eigenvalue weighted by Gasteiger charge is -2.25. The van der Waals surface area contributed by atoms with Gasteiger partial charge in [0.2, 0.25) is 0 Å². The fourth-order valence-electron chi connectivity index (χ4n) is 2.90. The number of alkyl halides is 1. The van der Waals surface area contributed by atoms with Gasteiger partial charge in [0.05, 0.1) is 23.2 Å². The molecule has 2 aromatic rings. The molecule has 3 rings (SSSR count). The molecule has 2 heterocycles. The molecule has 5 heteroatoms. The molecule has 108 valence electrons. The molecular weight excluding hydrogens is 387 g/mol. The van der Waals surface area contributed by atoms with E-state index >= 15 is 0 Å². The number of benzene rings is 1. The Morgan fingerprint density at radius 2 is 2.35 bits per heavy atom. The van der Waals surface area contributed by atoms with E-state index in [1.54, 1.807) is 0 Å². The molecule has 1 fully saturated rings. The van der Waals surface area contributed by atoms with Crippen molar-refractivity contribution in [2.75, 3.05) is 12.5 Å². The zero-order valence-electron chi connectivity index (χ0n) is 11.5. The molecule has 1 aromatic carbocycles. The fraction of sp³-hybridized carbons (Fsp3) is 0.533. The Labute approximate surface area is 137 Å². The third-order valence-corrected chi connectivity index (χ3v) is 4.76. The van der Waals surface area contributed by atoms with E-state index in [1.165, 1.54) is 9.09 Å². The van der Waals surface area contributed by atoms with Crippen molar-refractivity contribution in [3.8, 4) is 0 Å². The van der Waals surface area contributed by atoms with Crippen molar-refractivity contribution in [3.63, 3.8) is 0 Å². The monoisotopic (exact) mass is 404 g/mol. The van der Waals surface area contributed by atoms with E-state index in [1.807, 2.05) is 0 Å². The second-order valence-corrected chi connectivity index (χ2v) is 7.21. The summed E-state index contributed by atoms with van der Waals surface area (Å²) in [5.41, 5.74) is 2.17. The normalized spacial score (nSPS) is 22.8. The predicted octanol–water partition coefficient (Wildman–Crippen LogP) is 3.99. The Kier molecular flexibility index (Phi) is 4.24. The van der Waals surface area contributed by atoms with E-state index in [0.717, 1.165) is 43.8 Å². The highest BCUT2D eigenvalue weighted by Crippen LogP contribution is 2.29. The fourth-order valence-corrected chi connectivity index (χ4v) is 3.54. The number of fused-ring (bicyclic) bond motifs is 1. The van der Waals surface area contributed by atoms with Crippen LogP contribution in [0.3, 0.4) is 0 Å². The lowest BCUT2D eigenvalue weighted by molar-refractivity contribution is 0.00653. The molecule has 1 aliphatic heterocycles. The van der Waals surface area contributed by atoms with Crippen LogP contribution in [0.25, 0.3) is 11.0 Å². The third-order valence-electron chi connectivity index (χ3n) is 3.90. The molecule has 1 saturated heterocycles. The Morgan fingerprint density at radius 3 is 3.05 bits per heavy atom. The molecule has 1 atom stereocenters. The van der Waals surface area contributed by atoms with Crippen LogP contribution in [0.15, 0.2) is 18.2 Å². The number of aromatic nitrogens is 2. The zero-order chi connectivity index (χ0) is 14.2. The smallest absolute Gasteiger partial charge is 0.111 e. The average molecular weight is 405 g/mol. The van der Waals surface area contributed by atoms with E-state index in [4.69, 9.17) is 21.3 Å². The summed E-state index contributed by atoms with van der Waals surface area (Å²) in [5.74, 6) is 1.66. The van der Waals surface area contributed by atoms with Crippen molar-refractivity contribution in [1.82, 2.24) is 9.55 Å². The standard InChI is InChI=1S/C15H18ClIN2O/c1-15(6-2-8-20-15)10-19-13-4-3-11(17)9-12(13)18-14(19)5-7-16/h3-4,9H,2,5-8,10H2,1H3. The number of aryl methyl sites for hydroxylation is 1. The maximum Gasteiger partial charge on any atom is 0.111 e. The van der Waals surface area contributed by atoms with Gasteiger partial charge < -0.3 is 9.30 Å². The van der Waals surface area contributed by atoms with Gasteiger partial charge in [-0.05, 0) is 60.6 Å². The van der Waals surface area contributed by atoms with Gasteiger partial charge in [-0.25, -0.2) is 4.98 Å². The minimum absolute atomic E-state index is 0.0717. The first-order chi connectivity index (χ1) is 9.61. The van der Waals surface area contributed by atoms with E-state index in [0.29, 0.717) is 5.88 Å². The number of rotatable bonds is 4. The number of halogens is 2. The Bertz CT molecular complexity index is 620. The first-order valence-corrected chi connectivity index (χ1v) is 8.57. The molecule has 0 aliphatic carbocycles. The summed E-state index contributed by atoms with van der Waals surface area (Å²) in [4.78, 5) is 4.75. The molecular formula is C15H18ClIN2O. The molecule has 0 radical (unpaired) electrons. The zero-order valence-corrected chi connectivity index (χ0v) is 14.4. The maximum absolute atomic E-state index is 5.94. The highest BCUT2D eigenvalue weighted by molar-refractivity contribution is 14.1. The second kappa shape index (κ2) is 5.81. The second-order valence-electron chi connectivity index (χ2n) is 5.59. The number of hydrogen-bond donors (Lipinski definition) is 0. The van der Waals surface area contributed by atoms with Gasteiger partial charge in [-0.15, -0.1) is 11.6 Å². The van der Waals surface area contributed by atoms with Crippen molar-refractivity contribution >= 4 is 45.2 Å². The van der Waals surface area contributed by atoms with Gasteiger partial charge in [-0.2, -0.15) is 0 Å². The van der Waals surface area contributed by atoms with E-state index in [2.05, 4.69) is 52.3 Å². The van der Waals surface area contributed by atoms with Crippen LogP contribution in [-0.2, 0) is 17.7 Å². The molecule has 0 spiro atoms. The summed E-state index contributed by atoms with van der Waals surface area (Å²) >= 11 is 8.26. The average Bonchev–Trinajstić information content (AvgIpc) is 2.96. The minimum Gasteiger partial charge on any atom is -0.373 e. The molecule has 1 aromatic heterocycles. The first kappa shape index (κ1) is 14.6. The van der Waals surface area contributed by atoms with Crippen molar-refractivity contribution in [1.29, 1.82) is 0 Å². The van der Waals surface area contributed by atoms with Crippen molar-refractivity contribution in [2.45, 2.75) is 38.3 Å². The Balaban J connectivity index is 2.04. The number of imidazole rings is 1. The van der Waals surface area contributed by atoms with Gasteiger partial charge in [0.1, 0.15) is 5.82 Å². The Hall–Kier alpha value is -0.330. The van der Waals surface area contributed by atoms with Crippen LogP contribution in [-0.4, -0.2) is 27.6 Å². The summed E-state index contributed by atoms with van der Waals surface area (Å²) in [6, 6.07) is 6.41. The van der Waals surface area contributed by atoms with Crippen LogP contribution in [0.5, 0.6) is 0 Å². The highest BCUT2D eigenvalue weighted by Gasteiger charge is 2.31. The first-order valence-electron chi connectivity index (χ1n) is 6.96. The van der Waals surface area contributed by atoms with Gasteiger partial charge in [0.25, 0.3) is 0 Å². The quantitative estimate of drug-likeness (QED) is 0.569. The van der Waals surface area contributed by atoms with Gasteiger partial charge in [0.15, 0.2) is 0 Å². The molecule has 0 bridgehead atoms. The summed E-state index contributed by atoms with van der Waals surface area (Å²) in [5, 5.41) is 0. The largest absolute Gasteiger partial charge is 0.373 e. The molecule has 0 amide bonds. The summed E-state index contributed by atoms with van der Waals surface area (Å²) in [7, 11) is 0. The van der Waals surface area contributed by atoms with Crippen LogP contribution in [0.4, 0.5) is 0 Å². The van der Waals surface area contributed by atoms with E-state index < -0.39 is 0 Å². The van der Waals surface area contributed by atoms with Crippen molar-refractivity contribution in [2.24, 2.45) is 0 Å². The van der Waals surface area contributed by atoms with E-state index in [-0.39, 0.29) is 5.60 Å². The molecule has 0 N–H and O–H groups in total. The topological polar surface area (TPSA) is 27.1 Å². The third kappa shape index (κ3) is 2.83. The van der Waals surface area contributed by atoms with Gasteiger partial charge >= 0.3 is 0 Å². The molecule has 1 unspecified atom stereocenters. The number of nitrogens with zero attached hydrogens (tertiary/aromatic N) is 2.